The van der Waals surface area contributed by atoms with E-state index < -0.39 is 0 Å². The molecule has 1 atom stereocenters. The number of likely N-dealkylation sites (N-methyl/N-ethyl adjacent to an activating group) is 1. The van der Waals surface area contributed by atoms with Gasteiger partial charge in [0.25, 0.3) is 0 Å². The summed E-state index contributed by atoms with van der Waals surface area (Å²) in [6.07, 6.45) is 5.50. The third-order valence-electron chi connectivity index (χ3n) is 7.25. The average Bonchev–Trinajstić information content (AvgIpc) is 3.16. The Kier molecular flexibility index (Phi) is 7.91. The molecule has 0 saturated carbocycles. The first kappa shape index (κ1) is 24.3. The number of hydrogen-bond donors (Lipinski definition) is 1. The van der Waals surface area contributed by atoms with Gasteiger partial charge in [0.05, 0.1) is 12.8 Å². The molecule has 1 aliphatic heterocycles. The lowest BCUT2D eigenvalue weighted by atomic mass is 9.84. The predicted octanol–water partition coefficient (Wildman–Crippen LogP) is 4.40. The van der Waals surface area contributed by atoms with Crippen molar-refractivity contribution in [3.8, 4) is 11.5 Å². The molecule has 4 rings (SSSR count). The van der Waals surface area contributed by atoms with Crippen molar-refractivity contribution in [3.05, 3.63) is 77.1 Å². The minimum absolute atomic E-state index is 0.344. The number of hydrogen-bond acceptors (Lipinski definition) is 5. The number of methoxy groups -OCH3 is 1. The van der Waals surface area contributed by atoms with Gasteiger partial charge in [0.1, 0.15) is 11.5 Å². The van der Waals surface area contributed by atoms with Crippen LogP contribution in [0.2, 0.25) is 0 Å². The van der Waals surface area contributed by atoms with Crippen LogP contribution < -0.4 is 4.74 Å². The molecule has 0 bridgehead atoms. The van der Waals surface area contributed by atoms with Gasteiger partial charge in [-0.05, 0) is 76.0 Å². The molecule has 182 valence electrons. The smallest absolute Gasteiger partial charge is 0.120 e. The molecule has 1 unspecified atom stereocenters. The summed E-state index contributed by atoms with van der Waals surface area (Å²) in [4.78, 5) is 4.99. The maximum Gasteiger partial charge on any atom is 0.120 e. The van der Waals surface area contributed by atoms with Gasteiger partial charge in [0.2, 0.25) is 0 Å². The van der Waals surface area contributed by atoms with Crippen molar-refractivity contribution in [2.45, 2.75) is 45.3 Å². The fraction of sp³-hybridized carbons (Fsp3) is 0.464. The normalized spacial score (nSPS) is 16.1. The molecule has 34 heavy (non-hydrogen) atoms. The Bertz CT molecular complexity index is 1060. The number of ether oxygens (including phenoxy) is 1. The van der Waals surface area contributed by atoms with Gasteiger partial charge in [-0.1, -0.05) is 30.3 Å². The van der Waals surface area contributed by atoms with Crippen LogP contribution in [0, 0.1) is 12.8 Å². The highest BCUT2D eigenvalue weighted by Gasteiger charge is 2.30. The van der Waals surface area contributed by atoms with Gasteiger partial charge in [-0.25, -0.2) is 0 Å². The van der Waals surface area contributed by atoms with Crippen molar-refractivity contribution in [2.24, 2.45) is 13.0 Å². The van der Waals surface area contributed by atoms with E-state index in [9.17, 15) is 5.11 Å². The third-order valence-corrected chi connectivity index (χ3v) is 7.25. The second kappa shape index (κ2) is 11.1. The maximum atomic E-state index is 10.3. The van der Waals surface area contributed by atoms with Gasteiger partial charge in [-0.2, -0.15) is 5.10 Å². The number of benzene rings is 2. The Balaban J connectivity index is 1.44. The van der Waals surface area contributed by atoms with Crippen LogP contribution in [0.15, 0.2) is 54.7 Å². The molecule has 3 aromatic rings. The number of phenolic OH excluding ortho intramolecular Hbond substituents is 1. The molecular weight excluding hydrogens is 424 g/mol. The van der Waals surface area contributed by atoms with Crippen LogP contribution in [0.1, 0.15) is 35.2 Å². The number of rotatable bonds is 9. The van der Waals surface area contributed by atoms with Crippen LogP contribution in [0.4, 0.5) is 0 Å². The van der Waals surface area contributed by atoms with Crippen molar-refractivity contribution in [1.82, 2.24) is 19.6 Å². The van der Waals surface area contributed by atoms with E-state index in [0.29, 0.717) is 17.7 Å². The largest absolute Gasteiger partial charge is 0.508 e. The lowest BCUT2D eigenvalue weighted by Gasteiger charge is -2.40. The minimum Gasteiger partial charge on any atom is -0.508 e. The molecule has 0 spiro atoms. The van der Waals surface area contributed by atoms with Crippen molar-refractivity contribution < 1.29 is 9.84 Å². The van der Waals surface area contributed by atoms with E-state index in [0.717, 1.165) is 62.4 Å². The first-order chi connectivity index (χ1) is 16.4. The summed E-state index contributed by atoms with van der Waals surface area (Å²) < 4.78 is 7.26. The lowest BCUT2D eigenvalue weighted by molar-refractivity contribution is 0.0949. The highest BCUT2D eigenvalue weighted by molar-refractivity contribution is 5.39. The van der Waals surface area contributed by atoms with E-state index >= 15 is 0 Å². The Labute approximate surface area is 203 Å². The zero-order valence-electron chi connectivity index (χ0n) is 20.9. The monoisotopic (exact) mass is 462 g/mol. The number of aromatic nitrogens is 2. The molecule has 6 nitrogen and oxygen atoms in total. The summed E-state index contributed by atoms with van der Waals surface area (Å²) in [6, 6.07) is 16.8. The van der Waals surface area contributed by atoms with Gasteiger partial charge < -0.3 is 9.84 Å². The van der Waals surface area contributed by atoms with E-state index in [4.69, 9.17) is 4.74 Å². The van der Waals surface area contributed by atoms with E-state index in [1.54, 1.807) is 19.2 Å². The number of nitrogens with zero attached hydrogens (tertiary/aromatic N) is 4. The van der Waals surface area contributed by atoms with Crippen LogP contribution in [-0.2, 0) is 26.6 Å². The Hall–Kier alpha value is -2.83. The zero-order chi connectivity index (χ0) is 24.1. The standard InChI is InChI=1S/C28H38N4O2/c1-21-25(19-31(3)29-21)18-30(2)27(16-22-8-6-5-7-9-22)23-12-14-32(15-13-23)20-24-17-26(34-4)10-11-28(24)33/h5-11,17,19,23,27,33H,12-16,18,20H2,1-4H3. The maximum absolute atomic E-state index is 10.3. The Morgan fingerprint density at radius 3 is 2.50 bits per heavy atom. The van der Waals surface area contributed by atoms with Gasteiger partial charge in [-0.3, -0.25) is 14.5 Å². The first-order valence-electron chi connectivity index (χ1n) is 12.2. The van der Waals surface area contributed by atoms with Crippen molar-refractivity contribution >= 4 is 0 Å². The van der Waals surface area contributed by atoms with Gasteiger partial charge >= 0.3 is 0 Å². The molecule has 0 amide bonds. The van der Waals surface area contributed by atoms with Crippen LogP contribution in [0.5, 0.6) is 11.5 Å². The van der Waals surface area contributed by atoms with Crippen molar-refractivity contribution in [2.75, 3.05) is 27.2 Å². The third kappa shape index (κ3) is 5.99. The quantitative estimate of drug-likeness (QED) is 0.511. The summed E-state index contributed by atoms with van der Waals surface area (Å²) >= 11 is 0. The number of phenols is 1. The number of aryl methyl sites for hydroxylation is 2. The van der Waals surface area contributed by atoms with Crippen molar-refractivity contribution in [3.63, 3.8) is 0 Å². The highest BCUT2D eigenvalue weighted by atomic mass is 16.5. The Morgan fingerprint density at radius 2 is 1.85 bits per heavy atom. The lowest BCUT2D eigenvalue weighted by Crippen LogP contribution is -2.45. The molecule has 1 aliphatic rings. The van der Waals surface area contributed by atoms with Crippen LogP contribution in [0.25, 0.3) is 0 Å². The number of piperidine rings is 1. The highest BCUT2D eigenvalue weighted by Crippen LogP contribution is 2.30. The van der Waals surface area contributed by atoms with Crippen LogP contribution in [0.3, 0.4) is 0 Å². The summed E-state index contributed by atoms with van der Waals surface area (Å²) in [5, 5.41) is 14.8. The van der Waals surface area contributed by atoms with Crippen LogP contribution >= 0.6 is 0 Å². The van der Waals surface area contributed by atoms with Gasteiger partial charge in [0, 0.05) is 43.5 Å². The number of aromatic hydroxyl groups is 1. The molecule has 2 aromatic carbocycles. The summed E-state index contributed by atoms with van der Waals surface area (Å²) in [5.74, 6) is 1.76. The molecule has 1 aromatic heterocycles. The van der Waals surface area contributed by atoms with Gasteiger partial charge in [-0.15, -0.1) is 0 Å². The molecule has 0 aliphatic carbocycles. The molecular formula is C28H38N4O2. The van der Waals surface area contributed by atoms with E-state index in [-0.39, 0.29) is 0 Å². The van der Waals surface area contributed by atoms with E-state index in [1.807, 2.05) is 17.8 Å². The molecule has 1 fully saturated rings. The summed E-state index contributed by atoms with van der Waals surface area (Å²) in [6.45, 7) is 5.83. The fourth-order valence-electron chi connectivity index (χ4n) is 5.28. The zero-order valence-corrected chi connectivity index (χ0v) is 20.9. The second-order valence-electron chi connectivity index (χ2n) is 9.69. The topological polar surface area (TPSA) is 53.8 Å². The van der Waals surface area contributed by atoms with Crippen LogP contribution in [-0.4, -0.2) is 58.0 Å². The summed E-state index contributed by atoms with van der Waals surface area (Å²) in [5.41, 5.74) is 4.74. The van der Waals surface area contributed by atoms with E-state index in [2.05, 4.69) is 65.4 Å². The number of likely N-dealkylation sites (tertiary alicyclic amines) is 1. The second-order valence-corrected chi connectivity index (χ2v) is 9.69. The molecule has 2 heterocycles. The molecule has 1 saturated heterocycles. The molecule has 1 N–H and O–H groups in total. The van der Waals surface area contributed by atoms with Gasteiger partial charge in [0.15, 0.2) is 0 Å². The Morgan fingerprint density at radius 1 is 1.12 bits per heavy atom. The fourth-order valence-corrected chi connectivity index (χ4v) is 5.28. The van der Waals surface area contributed by atoms with E-state index in [1.165, 1.54) is 11.1 Å². The molecule has 0 radical (unpaired) electrons. The van der Waals surface area contributed by atoms with Crippen molar-refractivity contribution in [1.29, 1.82) is 0 Å². The SMILES string of the molecule is COc1ccc(O)c(CN2CCC(C(Cc3ccccc3)N(C)Cc3cn(C)nc3C)CC2)c1. The predicted molar refractivity (Wildman–Crippen MR) is 136 cm³/mol. The average molecular weight is 463 g/mol. The summed E-state index contributed by atoms with van der Waals surface area (Å²) in [7, 11) is 5.92. The molecule has 6 heteroatoms. The first-order valence-corrected chi connectivity index (χ1v) is 12.2. The minimum atomic E-state index is 0.344.